The van der Waals surface area contributed by atoms with Crippen molar-refractivity contribution in [3.63, 3.8) is 0 Å². The molecule has 0 aromatic heterocycles. The van der Waals surface area contributed by atoms with Gasteiger partial charge in [-0.3, -0.25) is 0 Å². The molecule has 0 aliphatic heterocycles. The Morgan fingerprint density at radius 2 is 1.39 bits per heavy atom. The fourth-order valence-electron chi connectivity index (χ4n) is 3.68. The molecule has 2 nitrogen and oxygen atoms in total. The summed E-state index contributed by atoms with van der Waals surface area (Å²) in [6.45, 7) is 0.887. The predicted molar refractivity (Wildman–Crippen MR) is 76.3 cm³/mol. The third-order valence-electron chi connectivity index (χ3n) is 4.87. The summed E-state index contributed by atoms with van der Waals surface area (Å²) in [5, 5.41) is 0. The average molecular weight is 253 g/mol. The van der Waals surface area contributed by atoms with E-state index in [4.69, 9.17) is 10.5 Å². The Morgan fingerprint density at radius 1 is 0.833 bits per heavy atom. The Morgan fingerprint density at radius 3 is 2.00 bits per heavy atom. The maximum absolute atomic E-state index is 6.10. The minimum Gasteiger partial charge on any atom is -0.364 e. The van der Waals surface area contributed by atoms with Gasteiger partial charge in [-0.15, -0.1) is 0 Å². The first-order valence-corrected chi connectivity index (χ1v) is 8.22. The molecule has 0 bridgehead atoms. The Balaban J connectivity index is 1.52. The van der Waals surface area contributed by atoms with Crippen LogP contribution in [0.15, 0.2) is 0 Å². The monoisotopic (exact) mass is 253 g/mol. The van der Waals surface area contributed by atoms with E-state index in [2.05, 4.69) is 0 Å². The molecule has 18 heavy (non-hydrogen) atoms. The van der Waals surface area contributed by atoms with E-state index in [0.717, 1.165) is 24.9 Å². The zero-order valence-corrected chi connectivity index (χ0v) is 11.9. The van der Waals surface area contributed by atoms with Crippen LogP contribution >= 0.6 is 0 Å². The van der Waals surface area contributed by atoms with Crippen LogP contribution in [-0.2, 0) is 4.74 Å². The molecular formula is C16H31NO. The second-order valence-electron chi connectivity index (χ2n) is 6.44. The molecule has 2 N–H and O–H groups in total. The third-order valence-corrected chi connectivity index (χ3v) is 4.87. The molecule has 0 heterocycles. The van der Waals surface area contributed by atoms with Crippen LogP contribution in [0.3, 0.4) is 0 Å². The summed E-state index contributed by atoms with van der Waals surface area (Å²) in [6.07, 6.45) is 16.4. The molecule has 0 saturated heterocycles. The minimum absolute atomic E-state index is 0.00306. The van der Waals surface area contributed by atoms with Crippen molar-refractivity contribution < 1.29 is 4.74 Å². The van der Waals surface area contributed by atoms with Gasteiger partial charge in [0.05, 0.1) is 0 Å². The van der Waals surface area contributed by atoms with Gasteiger partial charge >= 0.3 is 0 Å². The molecule has 0 amide bonds. The van der Waals surface area contributed by atoms with Crippen LogP contribution in [0.5, 0.6) is 0 Å². The van der Waals surface area contributed by atoms with Crippen LogP contribution in [-0.4, -0.2) is 12.8 Å². The van der Waals surface area contributed by atoms with Gasteiger partial charge in [0, 0.05) is 6.61 Å². The first-order valence-electron chi connectivity index (χ1n) is 8.22. The number of hydrogen-bond donors (Lipinski definition) is 1. The molecule has 2 aliphatic rings. The van der Waals surface area contributed by atoms with Gasteiger partial charge in [0.25, 0.3) is 0 Å². The smallest absolute Gasteiger partial charge is 0.105 e. The summed E-state index contributed by atoms with van der Waals surface area (Å²) in [4.78, 5) is 0. The van der Waals surface area contributed by atoms with E-state index in [1.54, 1.807) is 0 Å². The molecule has 0 spiro atoms. The maximum Gasteiger partial charge on any atom is 0.105 e. The van der Waals surface area contributed by atoms with Crippen LogP contribution in [0, 0.1) is 11.8 Å². The number of ether oxygens (including phenoxy) is 1. The van der Waals surface area contributed by atoms with E-state index in [9.17, 15) is 0 Å². The molecule has 1 unspecified atom stereocenters. The number of rotatable bonds is 6. The fraction of sp³-hybridized carbons (Fsp3) is 1.00. The van der Waals surface area contributed by atoms with Gasteiger partial charge in [-0.2, -0.15) is 0 Å². The first kappa shape index (κ1) is 14.3. The van der Waals surface area contributed by atoms with Crippen LogP contribution in [0.4, 0.5) is 0 Å². The van der Waals surface area contributed by atoms with Crippen molar-refractivity contribution in [3.8, 4) is 0 Å². The summed E-state index contributed by atoms with van der Waals surface area (Å²) in [7, 11) is 0. The lowest BCUT2D eigenvalue weighted by molar-refractivity contribution is 0.0264. The van der Waals surface area contributed by atoms with Crippen molar-refractivity contribution in [3.05, 3.63) is 0 Å². The molecule has 2 fully saturated rings. The summed E-state index contributed by atoms with van der Waals surface area (Å²) < 4.78 is 5.83. The Hall–Kier alpha value is -0.0800. The molecule has 2 heteroatoms. The highest BCUT2D eigenvalue weighted by molar-refractivity contribution is 4.69. The van der Waals surface area contributed by atoms with E-state index < -0.39 is 0 Å². The Kier molecular flexibility index (Phi) is 6.50. The van der Waals surface area contributed by atoms with Crippen molar-refractivity contribution in [2.24, 2.45) is 17.6 Å². The quantitative estimate of drug-likeness (QED) is 0.719. The molecule has 1 atom stereocenters. The highest BCUT2D eigenvalue weighted by Gasteiger charge is 2.18. The molecular weight excluding hydrogens is 222 g/mol. The van der Waals surface area contributed by atoms with Gasteiger partial charge in [0.1, 0.15) is 6.23 Å². The van der Waals surface area contributed by atoms with Crippen LogP contribution in [0.25, 0.3) is 0 Å². The van der Waals surface area contributed by atoms with Gasteiger partial charge < -0.3 is 10.5 Å². The van der Waals surface area contributed by atoms with Crippen molar-refractivity contribution >= 4 is 0 Å². The summed E-state index contributed by atoms with van der Waals surface area (Å²) >= 11 is 0. The standard InChI is InChI=1S/C16H31NO/c17-16(13-15-9-5-2-6-10-15)18-12-11-14-7-3-1-4-8-14/h14-16H,1-13,17H2. The minimum atomic E-state index is -0.00306. The van der Waals surface area contributed by atoms with E-state index in [1.807, 2.05) is 0 Å². The topological polar surface area (TPSA) is 35.2 Å². The highest BCUT2D eigenvalue weighted by Crippen LogP contribution is 2.28. The predicted octanol–water partition coefficient (Wildman–Crippen LogP) is 4.23. The molecule has 0 aromatic carbocycles. The van der Waals surface area contributed by atoms with Crippen molar-refractivity contribution in [2.75, 3.05) is 6.61 Å². The number of hydrogen-bond acceptors (Lipinski definition) is 2. The lowest BCUT2D eigenvalue weighted by Crippen LogP contribution is -2.28. The van der Waals surface area contributed by atoms with Gasteiger partial charge in [-0.05, 0) is 24.7 Å². The fourth-order valence-corrected chi connectivity index (χ4v) is 3.68. The summed E-state index contributed by atoms with van der Waals surface area (Å²) in [6, 6.07) is 0. The maximum atomic E-state index is 6.10. The van der Waals surface area contributed by atoms with E-state index in [0.29, 0.717) is 0 Å². The lowest BCUT2D eigenvalue weighted by atomic mass is 9.86. The van der Waals surface area contributed by atoms with Gasteiger partial charge in [0.2, 0.25) is 0 Å². The SMILES string of the molecule is NC(CC1CCCCC1)OCCC1CCCCC1. The molecule has 2 aliphatic carbocycles. The van der Waals surface area contributed by atoms with Gasteiger partial charge in [-0.1, -0.05) is 64.2 Å². The molecule has 0 aromatic rings. The zero-order valence-electron chi connectivity index (χ0n) is 11.9. The molecule has 106 valence electrons. The number of nitrogens with two attached hydrogens (primary N) is 1. The van der Waals surface area contributed by atoms with Gasteiger partial charge in [-0.25, -0.2) is 0 Å². The van der Waals surface area contributed by atoms with Crippen LogP contribution in [0.2, 0.25) is 0 Å². The van der Waals surface area contributed by atoms with E-state index in [1.165, 1.54) is 70.6 Å². The third kappa shape index (κ3) is 5.27. The first-order chi connectivity index (χ1) is 8.84. The Bertz CT molecular complexity index is 207. The van der Waals surface area contributed by atoms with Crippen molar-refractivity contribution in [1.29, 1.82) is 0 Å². The zero-order chi connectivity index (χ0) is 12.6. The summed E-state index contributed by atoms with van der Waals surface area (Å²) in [5.74, 6) is 1.75. The van der Waals surface area contributed by atoms with Gasteiger partial charge in [0.15, 0.2) is 0 Å². The normalized spacial score (nSPS) is 25.2. The average Bonchev–Trinajstić information content (AvgIpc) is 2.41. The highest BCUT2D eigenvalue weighted by atomic mass is 16.5. The Labute approximate surface area is 113 Å². The lowest BCUT2D eigenvalue weighted by Gasteiger charge is -2.26. The van der Waals surface area contributed by atoms with Crippen molar-refractivity contribution in [1.82, 2.24) is 0 Å². The van der Waals surface area contributed by atoms with Crippen molar-refractivity contribution in [2.45, 2.75) is 83.3 Å². The van der Waals surface area contributed by atoms with Crippen LogP contribution < -0.4 is 5.73 Å². The van der Waals surface area contributed by atoms with Crippen LogP contribution in [0.1, 0.15) is 77.0 Å². The van der Waals surface area contributed by atoms with E-state index in [-0.39, 0.29) is 6.23 Å². The summed E-state index contributed by atoms with van der Waals surface area (Å²) in [5.41, 5.74) is 6.10. The molecule has 0 radical (unpaired) electrons. The second-order valence-corrected chi connectivity index (χ2v) is 6.44. The second kappa shape index (κ2) is 8.16. The van der Waals surface area contributed by atoms with E-state index >= 15 is 0 Å². The largest absolute Gasteiger partial charge is 0.364 e. The molecule has 2 rings (SSSR count). The molecule has 2 saturated carbocycles.